The van der Waals surface area contributed by atoms with Crippen molar-refractivity contribution in [3.63, 3.8) is 0 Å². The molecule has 2 heterocycles. The molecule has 1 atom stereocenters. The highest BCUT2D eigenvalue weighted by molar-refractivity contribution is 6.08. The summed E-state index contributed by atoms with van der Waals surface area (Å²) in [5.41, 5.74) is 5.96. The number of benzene rings is 3. The van der Waals surface area contributed by atoms with Crippen molar-refractivity contribution in [2.45, 2.75) is 32.4 Å². The molecule has 3 aromatic rings. The van der Waals surface area contributed by atoms with Crippen molar-refractivity contribution in [2.75, 3.05) is 11.4 Å². The zero-order valence-corrected chi connectivity index (χ0v) is 17.0. The molecule has 150 valence electrons. The second kappa shape index (κ2) is 7.45. The van der Waals surface area contributed by atoms with Gasteiger partial charge in [-0.15, -0.1) is 0 Å². The average Bonchev–Trinajstić information content (AvgIpc) is 3.13. The van der Waals surface area contributed by atoms with Gasteiger partial charge in [-0.25, -0.2) is 0 Å². The van der Waals surface area contributed by atoms with E-state index in [4.69, 9.17) is 0 Å². The molecule has 0 bridgehead atoms. The maximum atomic E-state index is 13.2. The maximum absolute atomic E-state index is 13.2. The highest BCUT2D eigenvalue weighted by atomic mass is 16.2. The molecule has 0 saturated heterocycles. The monoisotopic (exact) mass is 396 g/mol. The third kappa shape index (κ3) is 3.18. The van der Waals surface area contributed by atoms with E-state index < -0.39 is 0 Å². The molecule has 0 fully saturated rings. The van der Waals surface area contributed by atoms with Crippen molar-refractivity contribution < 1.29 is 9.59 Å². The Morgan fingerprint density at radius 2 is 1.37 bits per heavy atom. The van der Waals surface area contributed by atoms with Crippen LogP contribution in [0.3, 0.4) is 0 Å². The van der Waals surface area contributed by atoms with Crippen LogP contribution >= 0.6 is 0 Å². The number of fused-ring (bicyclic) bond motifs is 2. The number of para-hydroxylation sites is 1. The van der Waals surface area contributed by atoms with Crippen LogP contribution in [0, 0.1) is 0 Å². The van der Waals surface area contributed by atoms with Gasteiger partial charge in [0.25, 0.3) is 11.8 Å². The topological polar surface area (TPSA) is 40.6 Å². The van der Waals surface area contributed by atoms with Crippen molar-refractivity contribution in [2.24, 2.45) is 0 Å². The fourth-order valence-electron chi connectivity index (χ4n) is 4.62. The zero-order chi connectivity index (χ0) is 20.7. The minimum Gasteiger partial charge on any atom is -0.334 e. The van der Waals surface area contributed by atoms with Gasteiger partial charge in [0.2, 0.25) is 0 Å². The highest BCUT2D eigenvalue weighted by Gasteiger charge is 2.31. The van der Waals surface area contributed by atoms with Crippen LogP contribution < -0.4 is 4.90 Å². The Bertz CT molecular complexity index is 1120. The second-order valence-electron chi connectivity index (χ2n) is 8.18. The zero-order valence-electron chi connectivity index (χ0n) is 17.0. The minimum absolute atomic E-state index is 0.0154. The lowest BCUT2D eigenvalue weighted by Crippen LogP contribution is -2.36. The number of carbonyl (C=O) groups is 2. The van der Waals surface area contributed by atoms with E-state index in [1.807, 2.05) is 40.1 Å². The van der Waals surface area contributed by atoms with Crippen LogP contribution in [0.25, 0.3) is 0 Å². The molecule has 0 spiro atoms. The van der Waals surface area contributed by atoms with Gasteiger partial charge in [0.1, 0.15) is 0 Å². The molecule has 1 unspecified atom stereocenters. The Hall–Kier alpha value is -3.40. The summed E-state index contributed by atoms with van der Waals surface area (Å²) in [7, 11) is 0. The van der Waals surface area contributed by atoms with Crippen LogP contribution in [0.1, 0.15) is 44.3 Å². The third-order valence-corrected chi connectivity index (χ3v) is 6.22. The summed E-state index contributed by atoms with van der Waals surface area (Å²) in [6.07, 6.45) is 1.75. The summed E-state index contributed by atoms with van der Waals surface area (Å²) >= 11 is 0. The molecular formula is C26H24N2O2. The molecule has 30 heavy (non-hydrogen) atoms. The SMILES string of the molecule is CC1Cc2ccccc2N1C(=O)c1ccc(C(=O)N2CCc3ccccc3C2)cc1. The number of hydrogen-bond acceptors (Lipinski definition) is 2. The number of hydrogen-bond donors (Lipinski definition) is 0. The average molecular weight is 396 g/mol. The van der Waals surface area contributed by atoms with Gasteiger partial charge in [0.15, 0.2) is 0 Å². The molecule has 0 radical (unpaired) electrons. The second-order valence-corrected chi connectivity index (χ2v) is 8.18. The normalized spacial score (nSPS) is 17.4. The lowest BCUT2D eigenvalue weighted by atomic mass is 9.99. The molecule has 4 heteroatoms. The summed E-state index contributed by atoms with van der Waals surface area (Å²) in [6, 6.07) is 23.6. The van der Waals surface area contributed by atoms with Crippen LogP contribution in [0.5, 0.6) is 0 Å². The Morgan fingerprint density at radius 1 is 0.767 bits per heavy atom. The molecule has 2 aliphatic heterocycles. The molecule has 2 aliphatic rings. The van der Waals surface area contributed by atoms with E-state index in [-0.39, 0.29) is 17.9 Å². The first-order valence-corrected chi connectivity index (χ1v) is 10.5. The van der Waals surface area contributed by atoms with Crippen molar-refractivity contribution in [1.29, 1.82) is 0 Å². The van der Waals surface area contributed by atoms with E-state index in [0.29, 0.717) is 17.7 Å². The lowest BCUT2D eigenvalue weighted by molar-refractivity contribution is 0.0734. The summed E-state index contributed by atoms with van der Waals surface area (Å²) in [4.78, 5) is 29.9. The highest BCUT2D eigenvalue weighted by Crippen LogP contribution is 2.33. The van der Waals surface area contributed by atoms with E-state index >= 15 is 0 Å². The minimum atomic E-state index is -0.0154. The van der Waals surface area contributed by atoms with E-state index in [9.17, 15) is 9.59 Å². The summed E-state index contributed by atoms with van der Waals surface area (Å²) in [6.45, 7) is 3.43. The smallest absolute Gasteiger partial charge is 0.258 e. The van der Waals surface area contributed by atoms with Gasteiger partial charge in [-0.3, -0.25) is 9.59 Å². The van der Waals surface area contributed by atoms with E-state index in [1.165, 1.54) is 16.7 Å². The Kier molecular flexibility index (Phi) is 4.62. The molecule has 0 aromatic heterocycles. The van der Waals surface area contributed by atoms with Crippen molar-refractivity contribution in [3.8, 4) is 0 Å². The van der Waals surface area contributed by atoms with E-state index in [0.717, 1.165) is 25.1 Å². The van der Waals surface area contributed by atoms with Gasteiger partial charge < -0.3 is 9.80 Å². The predicted molar refractivity (Wildman–Crippen MR) is 118 cm³/mol. The van der Waals surface area contributed by atoms with E-state index in [2.05, 4.69) is 25.1 Å². The lowest BCUT2D eigenvalue weighted by Gasteiger charge is -2.29. The molecule has 3 aromatic carbocycles. The fraction of sp³-hybridized carbons (Fsp3) is 0.231. The van der Waals surface area contributed by atoms with Gasteiger partial charge in [-0.05, 0) is 66.8 Å². The third-order valence-electron chi connectivity index (χ3n) is 6.22. The first-order chi connectivity index (χ1) is 14.6. The molecule has 2 amide bonds. The Balaban J connectivity index is 1.34. The molecule has 4 nitrogen and oxygen atoms in total. The summed E-state index contributed by atoms with van der Waals surface area (Å²) < 4.78 is 0. The van der Waals surface area contributed by atoms with Crippen LogP contribution in [-0.2, 0) is 19.4 Å². The number of anilines is 1. The van der Waals surface area contributed by atoms with Crippen molar-refractivity contribution in [1.82, 2.24) is 4.90 Å². The number of amides is 2. The number of carbonyl (C=O) groups excluding carboxylic acids is 2. The summed E-state index contributed by atoms with van der Waals surface area (Å²) in [5.74, 6) is 0.00161. The largest absolute Gasteiger partial charge is 0.334 e. The van der Waals surface area contributed by atoms with Crippen LogP contribution in [-0.4, -0.2) is 29.3 Å². The summed E-state index contributed by atoms with van der Waals surface area (Å²) in [5, 5.41) is 0. The molecular weight excluding hydrogens is 372 g/mol. The van der Waals surface area contributed by atoms with Crippen LogP contribution in [0.2, 0.25) is 0 Å². The predicted octanol–water partition coefficient (Wildman–Crippen LogP) is 4.48. The quantitative estimate of drug-likeness (QED) is 0.641. The van der Waals surface area contributed by atoms with Crippen LogP contribution in [0.4, 0.5) is 5.69 Å². The van der Waals surface area contributed by atoms with Crippen LogP contribution in [0.15, 0.2) is 72.8 Å². The molecule has 0 saturated carbocycles. The number of nitrogens with zero attached hydrogens (tertiary/aromatic N) is 2. The van der Waals surface area contributed by atoms with Gasteiger partial charge in [-0.1, -0.05) is 42.5 Å². The van der Waals surface area contributed by atoms with E-state index in [1.54, 1.807) is 24.3 Å². The van der Waals surface area contributed by atoms with Gasteiger partial charge >= 0.3 is 0 Å². The molecule has 5 rings (SSSR count). The van der Waals surface area contributed by atoms with Gasteiger partial charge in [0, 0.05) is 35.9 Å². The number of rotatable bonds is 2. The fourth-order valence-corrected chi connectivity index (χ4v) is 4.62. The van der Waals surface area contributed by atoms with Gasteiger partial charge in [-0.2, -0.15) is 0 Å². The molecule has 0 N–H and O–H groups in total. The Morgan fingerprint density at radius 3 is 2.10 bits per heavy atom. The standard InChI is InChI=1S/C26H24N2O2/c1-18-16-22-7-4-5-9-24(22)28(18)26(30)21-12-10-20(11-13-21)25(29)27-15-14-19-6-2-3-8-23(19)17-27/h2-13,18H,14-17H2,1H3. The Labute approximate surface area is 176 Å². The van der Waals surface area contributed by atoms with Gasteiger partial charge in [0.05, 0.1) is 0 Å². The first-order valence-electron chi connectivity index (χ1n) is 10.5. The molecule has 0 aliphatic carbocycles. The first kappa shape index (κ1) is 18.6. The van der Waals surface area contributed by atoms with Crippen molar-refractivity contribution >= 4 is 17.5 Å². The maximum Gasteiger partial charge on any atom is 0.258 e. The van der Waals surface area contributed by atoms with Crippen molar-refractivity contribution in [3.05, 3.63) is 101 Å².